The predicted molar refractivity (Wildman–Crippen MR) is 52.6 cm³/mol. The average molecular weight is 202 g/mol. The van der Waals surface area contributed by atoms with Crippen LogP contribution in [0.5, 0.6) is 0 Å². The molecule has 0 saturated carbocycles. The Hall–Kier alpha value is -2.10. The molecule has 2 aromatic rings. The van der Waals surface area contributed by atoms with E-state index in [2.05, 4.69) is 0 Å². The van der Waals surface area contributed by atoms with Crippen LogP contribution in [0.25, 0.3) is 10.9 Å². The molecule has 0 fully saturated rings. The van der Waals surface area contributed by atoms with Crippen molar-refractivity contribution >= 4 is 22.8 Å². The van der Waals surface area contributed by atoms with Crippen LogP contribution in [0.4, 0.5) is 0 Å². The van der Waals surface area contributed by atoms with E-state index in [4.69, 9.17) is 0 Å². The molecule has 0 N–H and O–H groups in total. The van der Waals surface area contributed by atoms with E-state index in [1.54, 1.807) is 24.3 Å². The van der Waals surface area contributed by atoms with Crippen LogP contribution in [-0.2, 0) is 0 Å². The Bertz CT molecular complexity index is 506. The Morgan fingerprint density at radius 1 is 1.27 bits per heavy atom. The Kier molecular flexibility index (Phi) is 2.04. The largest absolute Gasteiger partial charge is 0.545 e. The highest BCUT2D eigenvalue weighted by Crippen LogP contribution is 2.20. The number of aromatic carboxylic acids is 1. The summed E-state index contributed by atoms with van der Waals surface area (Å²) in [6.07, 6.45) is 1.29. The van der Waals surface area contributed by atoms with Crippen LogP contribution in [-0.4, -0.2) is 16.4 Å². The fourth-order valence-corrected chi connectivity index (χ4v) is 1.60. The molecule has 0 saturated heterocycles. The van der Waals surface area contributed by atoms with E-state index < -0.39 is 5.97 Å². The number of fused-ring (bicyclic) bond motifs is 1. The van der Waals surface area contributed by atoms with Crippen molar-refractivity contribution in [2.24, 2.45) is 0 Å². The number of nitrogens with zero attached hydrogens (tertiary/aromatic N) is 1. The van der Waals surface area contributed by atoms with Crippen molar-refractivity contribution in [3.8, 4) is 0 Å². The van der Waals surface area contributed by atoms with Gasteiger partial charge in [-0.05, 0) is 6.07 Å². The molecular formula is C11H8NO3-. The van der Waals surface area contributed by atoms with E-state index in [1.807, 2.05) is 0 Å². The summed E-state index contributed by atoms with van der Waals surface area (Å²) in [7, 11) is 0. The number of aromatic nitrogens is 1. The fraction of sp³-hybridized carbons (Fsp3) is 0.0909. The van der Waals surface area contributed by atoms with Gasteiger partial charge >= 0.3 is 0 Å². The van der Waals surface area contributed by atoms with Gasteiger partial charge < -0.3 is 9.90 Å². The third-order valence-electron chi connectivity index (χ3n) is 2.27. The first-order valence-electron chi connectivity index (χ1n) is 4.43. The van der Waals surface area contributed by atoms with Crippen LogP contribution >= 0.6 is 0 Å². The second kappa shape index (κ2) is 3.24. The van der Waals surface area contributed by atoms with E-state index in [1.165, 1.54) is 17.7 Å². The molecule has 4 heteroatoms. The molecule has 0 radical (unpaired) electrons. The smallest absolute Gasteiger partial charge is 0.227 e. The zero-order chi connectivity index (χ0) is 11.0. The maximum Gasteiger partial charge on any atom is 0.227 e. The minimum Gasteiger partial charge on any atom is -0.545 e. The highest BCUT2D eigenvalue weighted by molar-refractivity contribution is 6.05. The molecule has 0 unspecified atom stereocenters. The van der Waals surface area contributed by atoms with Gasteiger partial charge in [0.1, 0.15) is 0 Å². The summed E-state index contributed by atoms with van der Waals surface area (Å²) in [6.45, 7) is 1.38. The summed E-state index contributed by atoms with van der Waals surface area (Å²) in [5, 5.41) is 11.3. The van der Waals surface area contributed by atoms with Gasteiger partial charge in [-0.3, -0.25) is 9.36 Å². The van der Waals surface area contributed by atoms with Crippen molar-refractivity contribution in [2.75, 3.05) is 0 Å². The van der Waals surface area contributed by atoms with E-state index in [-0.39, 0.29) is 11.5 Å². The molecule has 0 aliphatic rings. The number of carboxylic acid groups (broad SMARTS) is 1. The van der Waals surface area contributed by atoms with Crippen molar-refractivity contribution in [3.63, 3.8) is 0 Å². The topological polar surface area (TPSA) is 62.1 Å². The molecule has 15 heavy (non-hydrogen) atoms. The number of carbonyl (C=O) groups is 2. The van der Waals surface area contributed by atoms with Crippen LogP contribution in [0.1, 0.15) is 22.1 Å². The van der Waals surface area contributed by atoms with Crippen molar-refractivity contribution in [1.82, 2.24) is 4.57 Å². The molecule has 0 amide bonds. The number of benzene rings is 1. The molecule has 1 heterocycles. The average Bonchev–Trinajstić information content (AvgIpc) is 2.56. The number of hydrogen-bond acceptors (Lipinski definition) is 3. The lowest BCUT2D eigenvalue weighted by atomic mass is 10.2. The lowest BCUT2D eigenvalue weighted by Crippen LogP contribution is -2.21. The molecule has 0 aliphatic heterocycles. The van der Waals surface area contributed by atoms with Crippen LogP contribution in [0.3, 0.4) is 0 Å². The van der Waals surface area contributed by atoms with Gasteiger partial charge in [0.15, 0.2) is 0 Å². The Labute approximate surface area is 85.7 Å². The summed E-state index contributed by atoms with van der Waals surface area (Å²) in [6, 6.07) is 6.82. The van der Waals surface area contributed by atoms with Crippen LogP contribution < -0.4 is 5.11 Å². The Morgan fingerprint density at radius 2 is 1.93 bits per heavy atom. The van der Waals surface area contributed by atoms with E-state index >= 15 is 0 Å². The maximum atomic E-state index is 11.2. The quantitative estimate of drug-likeness (QED) is 0.682. The zero-order valence-corrected chi connectivity index (χ0v) is 8.06. The lowest BCUT2D eigenvalue weighted by Gasteiger charge is -1.97. The third kappa shape index (κ3) is 1.40. The minimum absolute atomic E-state index is 0.0424. The van der Waals surface area contributed by atoms with Gasteiger partial charge in [-0.2, -0.15) is 0 Å². The highest BCUT2D eigenvalue weighted by Gasteiger charge is 2.10. The van der Waals surface area contributed by atoms with Crippen molar-refractivity contribution < 1.29 is 14.7 Å². The van der Waals surface area contributed by atoms with E-state index in [9.17, 15) is 14.7 Å². The maximum absolute atomic E-state index is 11.2. The van der Waals surface area contributed by atoms with E-state index in [0.29, 0.717) is 10.9 Å². The summed E-state index contributed by atoms with van der Waals surface area (Å²) in [5.74, 6) is -1.50. The van der Waals surface area contributed by atoms with Crippen molar-refractivity contribution in [2.45, 2.75) is 6.92 Å². The highest BCUT2D eigenvalue weighted by atomic mass is 16.4. The zero-order valence-electron chi connectivity index (χ0n) is 8.06. The second-order valence-corrected chi connectivity index (χ2v) is 3.24. The van der Waals surface area contributed by atoms with Crippen LogP contribution in [0, 0.1) is 0 Å². The Balaban J connectivity index is 2.85. The van der Waals surface area contributed by atoms with Crippen LogP contribution in [0.15, 0.2) is 30.5 Å². The fourth-order valence-electron chi connectivity index (χ4n) is 1.60. The van der Waals surface area contributed by atoms with E-state index in [0.717, 1.165) is 0 Å². The predicted octanol–water partition coefficient (Wildman–Crippen LogP) is 0.665. The standard InChI is InChI=1S/C11H9NO3/c1-7(13)12-6-9(11(14)15)8-4-2-3-5-10(8)12/h2-6H,1H3,(H,14,15)/p-1. The monoisotopic (exact) mass is 202 g/mol. The molecule has 2 rings (SSSR count). The number of rotatable bonds is 1. The van der Waals surface area contributed by atoms with Gasteiger partial charge in [0.2, 0.25) is 5.91 Å². The molecule has 1 aromatic carbocycles. The first-order chi connectivity index (χ1) is 7.11. The number of carboxylic acids is 1. The summed E-state index contributed by atoms with van der Waals surface area (Å²) in [4.78, 5) is 22.1. The molecule has 0 spiro atoms. The molecule has 4 nitrogen and oxygen atoms in total. The second-order valence-electron chi connectivity index (χ2n) is 3.24. The SMILES string of the molecule is CC(=O)n1cc(C(=O)[O-])c2ccccc21. The number of para-hydroxylation sites is 1. The molecular weight excluding hydrogens is 194 g/mol. The Morgan fingerprint density at radius 3 is 2.53 bits per heavy atom. The van der Waals surface area contributed by atoms with Gasteiger partial charge in [0.05, 0.1) is 11.5 Å². The molecule has 0 aliphatic carbocycles. The molecule has 76 valence electrons. The molecule has 0 atom stereocenters. The number of carbonyl (C=O) groups excluding carboxylic acids is 2. The van der Waals surface area contributed by atoms with Gasteiger partial charge in [0.25, 0.3) is 0 Å². The summed E-state index contributed by atoms with van der Waals surface area (Å²) in [5.41, 5.74) is 0.630. The molecule has 1 aromatic heterocycles. The first kappa shape index (κ1) is 9.45. The van der Waals surface area contributed by atoms with Gasteiger partial charge in [-0.15, -0.1) is 0 Å². The summed E-state index contributed by atoms with van der Waals surface area (Å²) < 4.78 is 1.31. The van der Waals surface area contributed by atoms with Crippen LogP contribution in [0.2, 0.25) is 0 Å². The third-order valence-corrected chi connectivity index (χ3v) is 2.27. The summed E-state index contributed by atoms with van der Waals surface area (Å²) >= 11 is 0. The van der Waals surface area contributed by atoms with Gasteiger partial charge in [-0.1, -0.05) is 18.2 Å². The van der Waals surface area contributed by atoms with Gasteiger partial charge in [0, 0.05) is 24.1 Å². The van der Waals surface area contributed by atoms with Crippen molar-refractivity contribution in [1.29, 1.82) is 0 Å². The first-order valence-corrected chi connectivity index (χ1v) is 4.43. The molecule has 0 bridgehead atoms. The lowest BCUT2D eigenvalue weighted by molar-refractivity contribution is -0.254. The normalized spacial score (nSPS) is 10.5. The van der Waals surface area contributed by atoms with Gasteiger partial charge in [-0.25, -0.2) is 0 Å². The number of hydrogen-bond donors (Lipinski definition) is 0. The minimum atomic E-state index is -1.27. The van der Waals surface area contributed by atoms with Crippen molar-refractivity contribution in [3.05, 3.63) is 36.0 Å².